The van der Waals surface area contributed by atoms with Gasteiger partial charge in [0, 0.05) is 0 Å². The zero-order chi connectivity index (χ0) is 7.28. The largest absolute Gasteiger partial charge is 0.473 e. The van der Waals surface area contributed by atoms with Crippen LogP contribution in [-0.2, 0) is 0 Å². The highest BCUT2D eigenvalue weighted by atomic mass is 32.2. The van der Waals surface area contributed by atoms with E-state index in [0.717, 1.165) is 0 Å². The Morgan fingerprint density at radius 3 is 2.67 bits per heavy atom. The summed E-state index contributed by atoms with van der Waals surface area (Å²) in [5, 5.41) is 14.6. The molecule has 3 nitrogen and oxygen atoms in total. The normalized spacial score (nSPS) is 11.4. The van der Waals surface area contributed by atoms with Gasteiger partial charge in [-0.25, -0.2) is 4.79 Å². The summed E-state index contributed by atoms with van der Waals surface area (Å²) in [5.74, 6) is 0. The van der Waals surface area contributed by atoms with Crippen molar-refractivity contribution in [1.82, 2.24) is 0 Å². The molecule has 0 amide bonds. The maximum Gasteiger partial charge on any atom is 0.366 e. The molecule has 0 aliphatic carbocycles. The van der Waals surface area contributed by atoms with Crippen molar-refractivity contribution in [3.8, 4) is 6.07 Å². The summed E-state index contributed by atoms with van der Waals surface area (Å²) in [5.41, 5.74) is 0. The monoisotopic (exact) mass is 143 g/mol. The van der Waals surface area contributed by atoms with E-state index in [-0.39, 0.29) is 0 Å². The molecular weight excluding hydrogens is 138 g/mol. The van der Waals surface area contributed by atoms with Crippen LogP contribution in [0.3, 0.4) is 0 Å². The Kier molecular flexibility index (Phi) is 3.56. The number of hydrogen-bond acceptors (Lipinski definition) is 3. The third kappa shape index (κ3) is 3.62. The van der Waals surface area contributed by atoms with Crippen molar-refractivity contribution in [3.05, 3.63) is 12.7 Å². The maximum atomic E-state index is 9.89. The van der Waals surface area contributed by atoms with Gasteiger partial charge in [0.2, 0.25) is 0 Å². The summed E-state index contributed by atoms with van der Waals surface area (Å²) in [4.78, 5) is 9.89. The Morgan fingerprint density at radius 1 is 2.00 bits per heavy atom. The smallest absolute Gasteiger partial charge is 0.366 e. The van der Waals surface area contributed by atoms with E-state index >= 15 is 0 Å². The molecule has 0 aliphatic heterocycles. The van der Waals surface area contributed by atoms with Crippen molar-refractivity contribution in [2.45, 2.75) is 5.25 Å². The van der Waals surface area contributed by atoms with Gasteiger partial charge in [-0.2, -0.15) is 5.26 Å². The highest BCUT2D eigenvalue weighted by Gasteiger charge is 2.06. The van der Waals surface area contributed by atoms with Crippen LogP contribution in [0.25, 0.3) is 0 Å². The van der Waals surface area contributed by atoms with Gasteiger partial charge in [-0.15, -0.1) is 6.58 Å². The molecule has 4 heteroatoms. The van der Waals surface area contributed by atoms with Gasteiger partial charge in [-0.05, 0) is 11.8 Å². The molecule has 0 aromatic carbocycles. The summed E-state index contributed by atoms with van der Waals surface area (Å²) in [6, 6.07) is 1.75. The van der Waals surface area contributed by atoms with Gasteiger partial charge < -0.3 is 5.11 Å². The molecule has 48 valence electrons. The molecular formula is C5H5NO2S. The first-order chi connectivity index (χ1) is 4.20. The van der Waals surface area contributed by atoms with Crippen LogP contribution in [0.2, 0.25) is 0 Å². The number of nitrogens with zero attached hydrogens (tertiary/aromatic N) is 1. The van der Waals surface area contributed by atoms with Crippen molar-refractivity contribution in [2.24, 2.45) is 0 Å². The molecule has 0 spiro atoms. The van der Waals surface area contributed by atoms with E-state index in [1.165, 1.54) is 6.08 Å². The maximum absolute atomic E-state index is 9.89. The number of carbonyl (C=O) groups is 1. The summed E-state index contributed by atoms with van der Waals surface area (Å²) in [7, 11) is 0. The second-order valence-corrected chi connectivity index (χ2v) is 2.26. The van der Waals surface area contributed by atoms with Gasteiger partial charge in [0.25, 0.3) is 0 Å². The Hall–Kier alpha value is -0.950. The molecule has 0 bridgehead atoms. The molecule has 9 heavy (non-hydrogen) atoms. The first-order valence-corrected chi connectivity index (χ1v) is 3.00. The van der Waals surface area contributed by atoms with E-state index in [2.05, 4.69) is 6.58 Å². The molecule has 1 N–H and O–H groups in total. The Morgan fingerprint density at radius 2 is 2.56 bits per heavy atom. The zero-order valence-electron chi connectivity index (χ0n) is 4.57. The first-order valence-electron chi connectivity index (χ1n) is 2.12. The molecule has 0 radical (unpaired) electrons. The predicted molar refractivity (Wildman–Crippen MR) is 35.2 cm³/mol. The quantitative estimate of drug-likeness (QED) is 0.594. The average Bonchev–Trinajstić information content (AvgIpc) is 1.82. The SMILES string of the molecule is C=CC(C#N)SC(=O)O. The van der Waals surface area contributed by atoms with Crippen LogP contribution in [0.1, 0.15) is 0 Å². The molecule has 1 atom stereocenters. The average molecular weight is 143 g/mol. The van der Waals surface area contributed by atoms with E-state index in [9.17, 15) is 4.79 Å². The van der Waals surface area contributed by atoms with Gasteiger partial charge in [-0.1, -0.05) is 6.08 Å². The lowest BCUT2D eigenvalue weighted by Crippen LogP contribution is -1.96. The fourth-order valence-electron chi connectivity index (χ4n) is 0.236. The van der Waals surface area contributed by atoms with Crippen LogP contribution >= 0.6 is 11.8 Å². The minimum Gasteiger partial charge on any atom is -0.473 e. The van der Waals surface area contributed by atoms with Crippen LogP contribution in [0, 0.1) is 11.3 Å². The fourth-order valence-corrected chi connectivity index (χ4v) is 0.602. The second-order valence-electron chi connectivity index (χ2n) is 1.17. The van der Waals surface area contributed by atoms with Gasteiger partial charge in [0.1, 0.15) is 5.25 Å². The number of carboxylic acid groups (broad SMARTS) is 1. The van der Waals surface area contributed by atoms with E-state index < -0.39 is 10.6 Å². The van der Waals surface area contributed by atoms with Gasteiger partial charge in [-0.3, -0.25) is 0 Å². The lowest BCUT2D eigenvalue weighted by atomic mass is 10.5. The van der Waals surface area contributed by atoms with Gasteiger partial charge in [0.15, 0.2) is 0 Å². The molecule has 0 aliphatic rings. The number of rotatable bonds is 2. The number of thioether (sulfide) groups is 1. The van der Waals surface area contributed by atoms with Crippen molar-refractivity contribution in [2.75, 3.05) is 0 Å². The van der Waals surface area contributed by atoms with Crippen LogP contribution in [-0.4, -0.2) is 15.7 Å². The summed E-state index contributed by atoms with van der Waals surface area (Å²) < 4.78 is 0. The van der Waals surface area contributed by atoms with Crippen molar-refractivity contribution < 1.29 is 9.90 Å². The Bertz CT molecular complexity index is 161. The number of nitriles is 1. The van der Waals surface area contributed by atoms with E-state index in [0.29, 0.717) is 11.8 Å². The molecule has 0 aromatic heterocycles. The third-order valence-electron chi connectivity index (χ3n) is 0.569. The van der Waals surface area contributed by atoms with Crippen LogP contribution < -0.4 is 0 Å². The van der Waals surface area contributed by atoms with Gasteiger partial charge >= 0.3 is 5.30 Å². The minimum atomic E-state index is -1.05. The lowest BCUT2D eigenvalue weighted by Gasteiger charge is -1.93. The summed E-state index contributed by atoms with van der Waals surface area (Å²) >= 11 is 0.537. The topological polar surface area (TPSA) is 61.1 Å². The minimum absolute atomic E-state index is 0.537. The lowest BCUT2D eigenvalue weighted by molar-refractivity contribution is 0.222. The summed E-state index contributed by atoms with van der Waals surface area (Å²) in [6.45, 7) is 3.28. The molecule has 0 saturated heterocycles. The Balaban J connectivity index is 3.73. The van der Waals surface area contributed by atoms with E-state index in [1.54, 1.807) is 6.07 Å². The van der Waals surface area contributed by atoms with Gasteiger partial charge in [0.05, 0.1) is 6.07 Å². The first kappa shape index (κ1) is 8.05. The van der Waals surface area contributed by atoms with Crippen molar-refractivity contribution in [1.29, 1.82) is 5.26 Å². The molecule has 0 saturated carbocycles. The van der Waals surface area contributed by atoms with Crippen LogP contribution in [0.15, 0.2) is 12.7 Å². The Labute approximate surface area is 57.0 Å². The highest BCUT2D eigenvalue weighted by Crippen LogP contribution is 2.10. The fraction of sp³-hybridized carbons (Fsp3) is 0.200. The standard InChI is InChI=1S/C5H5NO2S/c1-2-4(3-6)9-5(7)8/h2,4H,1H2,(H,7,8). The van der Waals surface area contributed by atoms with Crippen molar-refractivity contribution in [3.63, 3.8) is 0 Å². The van der Waals surface area contributed by atoms with Crippen LogP contribution in [0.4, 0.5) is 4.79 Å². The second kappa shape index (κ2) is 3.98. The van der Waals surface area contributed by atoms with E-state index in [4.69, 9.17) is 10.4 Å². The molecule has 0 fully saturated rings. The predicted octanol–water partition coefficient (Wildman–Crippen LogP) is 1.48. The molecule has 0 aromatic rings. The third-order valence-corrected chi connectivity index (χ3v) is 1.32. The molecule has 1 unspecified atom stereocenters. The molecule has 0 heterocycles. The van der Waals surface area contributed by atoms with Crippen LogP contribution in [0.5, 0.6) is 0 Å². The van der Waals surface area contributed by atoms with Crippen molar-refractivity contribution >= 4 is 17.1 Å². The highest BCUT2D eigenvalue weighted by molar-refractivity contribution is 8.14. The zero-order valence-corrected chi connectivity index (χ0v) is 5.39. The van der Waals surface area contributed by atoms with E-state index in [1.807, 2.05) is 0 Å². The summed E-state index contributed by atoms with van der Waals surface area (Å²) in [6.07, 6.45) is 1.29. The molecule has 0 rings (SSSR count). The number of hydrogen-bond donors (Lipinski definition) is 1.